The number of carbonyl (C=O) groups excluding carboxylic acids is 2. The molecular weight excluding hydrogens is 440 g/mol. The molecule has 0 aliphatic rings. The summed E-state index contributed by atoms with van der Waals surface area (Å²) in [6, 6.07) is 19.9. The third-order valence-electron chi connectivity index (χ3n) is 5.14. The van der Waals surface area contributed by atoms with Crippen molar-refractivity contribution in [1.29, 1.82) is 0 Å². The molecule has 2 N–H and O–H groups in total. The van der Waals surface area contributed by atoms with Gasteiger partial charge in [0.05, 0.1) is 24.5 Å². The molecule has 0 bridgehead atoms. The lowest BCUT2D eigenvalue weighted by atomic mass is 10.0. The quantitative estimate of drug-likeness (QED) is 0.486. The molecule has 0 radical (unpaired) electrons. The minimum Gasteiger partial charge on any atom is -0.469 e. The number of sulfonamides is 1. The molecule has 3 aromatic rings. The van der Waals surface area contributed by atoms with E-state index in [1.807, 2.05) is 43.3 Å². The van der Waals surface area contributed by atoms with Gasteiger partial charge in [0.1, 0.15) is 0 Å². The van der Waals surface area contributed by atoms with Crippen molar-refractivity contribution in [2.75, 3.05) is 11.8 Å². The normalized spacial score (nSPS) is 12.0. The van der Waals surface area contributed by atoms with Crippen LogP contribution in [0, 0.1) is 13.8 Å². The largest absolute Gasteiger partial charge is 0.469 e. The van der Waals surface area contributed by atoms with E-state index in [1.54, 1.807) is 19.1 Å². The number of ether oxygens (including phenoxy) is 1. The lowest BCUT2D eigenvalue weighted by molar-refractivity contribution is -0.141. The van der Waals surface area contributed by atoms with Gasteiger partial charge in [-0.3, -0.25) is 14.3 Å². The lowest BCUT2D eigenvalue weighted by Gasteiger charge is -2.18. The second-order valence-corrected chi connectivity index (χ2v) is 9.32. The fraction of sp³-hybridized carbons (Fsp3) is 0.200. The minimum atomic E-state index is -3.77. The van der Waals surface area contributed by atoms with Gasteiger partial charge in [-0.05, 0) is 60.9 Å². The van der Waals surface area contributed by atoms with Crippen LogP contribution in [0.3, 0.4) is 0 Å². The first-order valence-corrected chi connectivity index (χ1v) is 11.8. The molecule has 1 amide bonds. The Balaban J connectivity index is 1.75. The summed E-state index contributed by atoms with van der Waals surface area (Å²) in [6.07, 6.45) is -0.0139. The third-order valence-corrected chi connectivity index (χ3v) is 6.66. The topological polar surface area (TPSA) is 102 Å². The number of amides is 1. The van der Waals surface area contributed by atoms with Gasteiger partial charge >= 0.3 is 5.97 Å². The third kappa shape index (κ3) is 6.20. The van der Waals surface area contributed by atoms with E-state index in [0.717, 1.165) is 11.1 Å². The van der Waals surface area contributed by atoms with Gasteiger partial charge in [0.25, 0.3) is 15.9 Å². The number of rotatable bonds is 8. The predicted molar refractivity (Wildman–Crippen MR) is 126 cm³/mol. The molecule has 0 aliphatic carbocycles. The first-order chi connectivity index (χ1) is 15.7. The number of anilines is 1. The zero-order chi connectivity index (χ0) is 24.0. The zero-order valence-corrected chi connectivity index (χ0v) is 19.5. The summed E-state index contributed by atoms with van der Waals surface area (Å²) in [5.74, 6) is -0.836. The molecule has 0 heterocycles. The lowest BCUT2D eigenvalue weighted by Crippen LogP contribution is -2.30. The number of methoxy groups -OCH3 is 1. The van der Waals surface area contributed by atoms with E-state index in [0.29, 0.717) is 16.8 Å². The number of esters is 1. The molecule has 0 spiro atoms. The second-order valence-electron chi connectivity index (χ2n) is 7.67. The highest BCUT2D eigenvalue weighted by molar-refractivity contribution is 7.92. The molecule has 1 atom stereocenters. The summed E-state index contributed by atoms with van der Waals surface area (Å²) in [4.78, 5) is 24.8. The Kier molecular flexibility index (Phi) is 7.50. The van der Waals surface area contributed by atoms with Gasteiger partial charge in [-0.1, -0.05) is 42.5 Å². The van der Waals surface area contributed by atoms with Crippen LogP contribution < -0.4 is 10.0 Å². The van der Waals surface area contributed by atoms with Gasteiger partial charge in [-0.25, -0.2) is 8.42 Å². The van der Waals surface area contributed by atoms with E-state index >= 15 is 0 Å². The number of hydrogen-bond acceptors (Lipinski definition) is 5. The van der Waals surface area contributed by atoms with E-state index in [9.17, 15) is 18.0 Å². The molecule has 0 saturated carbocycles. The Hall–Kier alpha value is -3.65. The number of nitrogens with one attached hydrogen (secondary N) is 2. The average Bonchev–Trinajstić information content (AvgIpc) is 2.80. The van der Waals surface area contributed by atoms with E-state index in [4.69, 9.17) is 4.74 Å². The highest BCUT2D eigenvalue weighted by Crippen LogP contribution is 2.22. The number of carbonyl (C=O) groups is 2. The molecule has 0 saturated heterocycles. The smallest absolute Gasteiger partial charge is 0.307 e. The maximum Gasteiger partial charge on any atom is 0.307 e. The van der Waals surface area contributed by atoms with Gasteiger partial charge in [0.2, 0.25) is 0 Å². The van der Waals surface area contributed by atoms with Crippen molar-refractivity contribution in [1.82, 2.24) is 5.32 Å². The molecule has 7 nitrogen and oxygen atoms in total. The van der Waals surface area contributed by atoms with Crippen molar-refractivity contribution in [3.05, 3.63) is 95.1 Å². The molecule has 172 valence electrons. The number of benzene rings is 3. The zero-order valence-electron chi connectivity index (χ0n) is 18.7. The summed E-state index contributed by atoms with van der Waals surface area (Å²) >= 11 is 0. The van der Waals surface area contributed by atoms with Crippen LogP contribution in [0.2, 0.25) is 0 Å². The maximum absolute atomic E-state index is 12.8. The van der Waals surface area contributed by atoms with Gasteiger partial charge in [0, 0.05) is 11.3 Å². The van der Waals surface area contributed by atoms with Crippen LogP contribution in [0.5, 0.6) is 0 Å². The van der Waals surface area contributed by atoms with Crippen LogP contribution >= 0.6 is 0 Å². The first kappa shape index (κ1) is 24.0. The van der Waals surface area contributed by atoms with Crippen molar-refractivity contribution in [3.63, 3.8) is 0 Å². The Morgan fingerprint density at radius 2 is 1.61 bits per heavy atom. The maximum atomic E-state index is 12.8. The van der Waals surface area contributed by atoms with E-state index < -0.39 is 27.9 Å². The van der Waals surface area contributed by atoms with Crippen molar-refractivity contribution in [2.45, 2.75) is 31.2 Å². The minimum absolute atomic E-state index is 0.0139. The number of aryl methyl sites for hydroxylation is 2. The summed E-state index contributed by atoms with van der Waals surface area (Å²) in [6.45, 7) is 3.56. The Morgan fingerprint density at radius 3 is 2.24 bits per heavy atom. The summed E-state index contributed by atoms with van der Waals surface area (Å²) in [5.41, 5.74) is 2.92. The average molecular weight is 467 g/mol. The van der Waals surface area contributed by atoms with Crippen LogP contribution in [-0.2, 0) is 19.6 Å². The molecule has 1 unspecified atom stereocenters. The van der Waals surface area contributed by atoms with Crippen LogP contribution in [0.1, 0.15) is 39.5 Å². The van der Waals surface area contributed by atoms with Crippen LogP contribution in [0.25, 0.3) is 0 Å². The van der Waals surface area contributed by atoms with Gasteiger partial charge < -0.3 is 10.1 Å². The van der Waals surface area contributed by atoms with E-state index in [-0.39, 0.29) is 11.3 Å². The van der Waals surface area contributed by atoms with Crippen LogP contribution in [-0.4, -0.2) is 27.4 Å². The Morgan fingerprint density at radius 1 is 0.939 bits per heavy atom. The summed E-state index contributed by atoms with van der Waals surface area (Å²) < 4.78 is 32.9. The number of hydrogen-bond donors (Lipinski definition) is 2. The molecule has 3 rings (SSSR count). The molecular formula is C25H26N2O5S. The predicted octanol–water partition coefficient (Wildman–Crippen LogP) is 4.14. The highest BCUT2D eigenvalue weighted by atomic mass is 32.2. The second kappa shape index (κ2) is 10.3. The summed E-state index contributed by atoms with van der Waals surface area (Å²) in [5, 5.41) is 2.84. The van der Waals surface area contributed by atoms with Gasteiger partial charge in [-0.15, -0.1) is 0 Å². The van der Waals surface area contributed by atoms with Gasteiger partial charge in [-0.2, -0.15) is 0 Å². The van der Waals surface area contributed by atoms with Gasteiger partial charge in [0.15, 0.2) is 0 Å². The standard InChI is InChI=1S/C25H26N2O5S/c1-17-9-10-18(2)23(15-17)33(30,31)27-21-13-11-20(12-14-21)25(29)26-22(16-24(28)32-3)19-7-5-4-6-8-19/h4-15,22,27H,16H2,1-3H3,(H,26,29). The molecule has 8 heteroatoms. The fourth-order valence-corrected chi connectivity index (χ4v) is 4.72. The fourth-order valence-electron chi connectivity index (χ4n) is 3.33. The molecule has 33 heavy (non-hydrogen) atoms. The Labute approximate surface area is 193 Å². The van der Waals surface area contributed by atoms with Crippen molar-refractivity contribution in [2.24, 2.45) is 0 Å². The molecule has 3 aromatic carbocycles. The molecule has 0 fully saturated rings. The Bertz CT molecular complexity index is 1240. The van der Waals surface area contributed by atoms with Crippen molar-refractivity contribution >= 4 is 27.6 Å². The van der Waals surface area contributed by atoms with Crippen LogP contribution in [0.15, 0.2) is 77.7 Å². The SMILES string of the molecule is COC(=O)CC(NC(=O)c1ccc(NS(=O)(=O)c2cc(C)ccc2C)cc1)c1ccccc1. The van der Waals surface area contributed by atoms with Crippen molar-refractivity contribution in [3.8, 4) is 0 Å². The monoisotopic (exact) mass is 466 g/mol. The highest BCUT2D eigenvalue weighted by Gasteiger charge is 2.20. The first-order valence-electron chi connectivity index (χ1n) is 10.3. The van der Waals surface area contributed by atoms with Crippen molar-refractivity contribution < 1.29 is 22.7 Å². The van der Waals surface area contributed by atoms with Crippen LogP contribution in [0.4, 0.5) is 5.69 Å². The van der Waals surface area contributed by atoms with E-state index in [1.165, 1.54) is 31.4 Å². The summed E-state index contributed by atoms with van der Waals surface area (Å²) in [7, 11) is -2.48. The molecule has 0 aromatic heterocycles. The molecule has 0 aliphatic heterocycles. The van der Waals surface area contributed by atoms with E-state index in [2.05, 4.69) is 10.0 Å².